The third-order valence-electron chi connectivity index (χ3n) is 1.65. The van der Waals surface area contributed by atoms with Crippen molar-refractivity contribution in [3.05, 3.63) is 18.2 Å². The normalized spacial score (nSPS) is 11.6. The summed E-state index contributed by atoms with van der Waals surface area (Å²) in [7, 11) is 0. The van der Waals surface area contributed by atoms with E-state index in [0.29, 0.717) is 12.8 Å². The van der Waals surface area contributed by atoms with Gasteiger partial charge in [-0.1, -0.05) is 20.8 Å². The molecule has 0 unspecified atom stereocenters. The van der Waals surface area contributed by atoms with E-state index < -0.39 is 0 Å². The van der Waals surface area contributed by atoms with Gasteiger partial charge in [-0.15, -0.1) is 0 Å². The zero-order valence-electron chi connectivity index (χ0n) is 8.42. The Morgan fingerprint density at radius 2 is 2.23 bits per heavy atom. The Morgan fingerprint density at radius 3 is 2.69 bits per heavy atom. The fraction of sp³-hybridized carbons (Fsp3) is 0.600. The highest BCUT2D eigenvalue weighted by Gasteiger charge is 2.16. The number of H-pyrrole nitrogens is 1. The number of carbonyl (C=O) groups is 1. The first kappa shape index (κ1) is 9.96. The summed E-state index contributed by atoms with van der Waals surface area (Å²) in [5.74, 6) is 0.997. The van der Waals surface area contributed by atoms with Gasteiger partial charge in [-0.05, 0) is 5.41 Å². The zero-order valence-corrected chi connectivity index (χ0v) is 8.42. The molecule has 0 saturated carbocycles. The number of carbonyl (C=O) groups excluding carboxylic acids is 1. The van der Waals surface area contributed by atoms with Crippen molar-refractivity contribution < 1.29 is 4.79 Å². The topological polar surface area (TPSA) is 45.8 Å². The van der Waals surface area contributed by atoms with E-state index in [4.69, 9.17) is 0 Å². The number of nitrogens with zero attached hydrogens (tertiary/aromatic N) is 1. The Bertz CT molecular complexity index is 270. The second-order valence-corrected chi connectivity index (χ2v) is 4.49. The van der Waals surface area contributed by atoms with Gasteiger partial charge in [-0.3, -0.25) is 4.79 Å². The minimum Gasteiger partial charge on any atom is -0.348 e. The lowest BCUT2D eigenvalue weighted by Gasteiger charge is -2.15. The first-order valence-corrected chi connectivity index (χ1v) is 4.47. The summed E-state index contributed by atoms with van der Waals surface area (Å²) in [4.78, 5) is 18.4. The Morgan fingerprint density at radius 1 is 1.54 bits per heavy atom. The third-order valence-corrected chi connectivity index (χ3v) is 1.65. The van der Waals surface area contributed by atoms with E-state index in [9.17, 15) is 4.79 Å². The van der Waals surface area contributed by atoms with Crippen LogP contribution in [-0.2, 0) is 11.2 Å². The maximum absolute atomic E-state index is 11.5. The summed E-state index contributed by atoms with van der Waals surface area (Å²) >= 11 is 0. The largest absolute Gasteiger partial charge is 0.348 e. The zero-order chi connectivity index (χ0) is 9.90. The minimum absolute atomic E-state index is 0.0731. The highest BCUT2D eigenvalue weighted by molar-refractivity contribution is 5.80. The Hall–Kier alpha value is -1.12. The molecule has 0 aliphatic heterocycles. The van der Waals surface area contributed by atoms with Crippen molar-refractivity contribution in [2.75, 3.05) is 0 Å². The van der Waals surface area contributed by atoms with E-state index in [1.165, 1.54) is 0 Å². The molecule has 72 valence electrons. The second kappa shape index (κ2) is 3.73. The van der Waals surface area contributed by atoms with Crippen LogP contribution in [0.2, 0.25) is 0 Å². The van der Waals surface area contributed by atoms with Crippen LogP contribution in [0.4, 0.5) is 0 Å². The van der Waals surface area contributed by atoms with Gasteiger partial charge in [0.05, 0.1) is 6.42 Å². The first-order valence-electron chi connectivity index (χ1n) is 4.47. The summed E-state index contributed by atoms with van der Waals surface area (Å²) in [5.41, 5.74) is 0.0731. The summed E-state index contributed by atoms with van der Waals surface area (Å²) in [6.45, 7) is 6.19. The molecule has 13 heavy (non-hydrogen) atoms. The van der Waals surface area contributed by atoms with Gasteiger partial charge in [-0.25, -0.2) is 4.98 Å². The van der Waals surface area contributed by atoms with Crippen LogP contribution >= 0.6 is 0 Å². The van der Waals surface area contributed by atoms with E-state index in [-0.39, 0.29) is 11.2 Å². The van der Waals surface area contributed by atoms with Crippen molar-refractivity contribution in [3.63, 3.8) is 0 Å². The van der Waals surface area contributed by atoms with Crippen molar-refractivity contribution in [1.82, 2.24) is 9.97 Å². The van der Waals surface area contributed by atoms with Crippen LogP contribution in [0.15, 0.2) is 12.4 Å². The van der Waals surface area contributed by atoms with Crippen LogP contribution in [0.5, 0.6) is 0 Å². The Kier molecular flexibility index (Phi) is 2.86. The summed E-state index contributed by atoms with van der Waals surface area (Å²) < 4.78 is 0. The van der Waals surface area contributed by atoms with Gasteiger partial charge >= 0.3 is 0 Å². The average molecular weight is 180 g/mol. The Labute approximate surface area is 78.6 Å². The molecule has 0 spiro atoms. The van der Waals surface area contributed by atoms with Gasteiger partial charge in [0, 0.05) is 18.8 Å². The molecule has 0 aromatic carbocycles. The number of hydrogen-bond acceptors (Lipinski definition) is 2. The van der Waals surface area contributed by atoms with Crippen LogP contribution in [0, 0.1) is 5.41 Å². The molecule has 0 bridgehead atoms. The van der Waals surface area contributed by atoms with Crippen molar-refractivity contribution in [2.45, 2.75) is 33.6 Å². The molecule has 0 radical (unpaired) electrons. The highest BCUT2D eigenvalue weighted by Crippen LogP contribution is 2.19. The lowest BCUT2D eigenvalue weighted by Crippen LogP contribution is -2.15. The Balaban J connectivity index is 2.43. The molecule has 1 rings (SSSR count). The van der Waals surface area contributed by atoms with Crippen molar-refractivity contribution >= 4 is 5.78 Å². The van der Waals surface area contributed by atoms with Crippen LogP contribution in [0.1, 0.15) is 33.0 Å². The number of Topliss-reactive ketones (excluding diaryl/α,β-unsaturated/α-hetero) is 1. The van der Waals surface area contributed by atoms with Gasteiger partial charge in [-0.2, -0.15) is 0 Å². The monoisotopic (exact) mass is 180 g/mol. The second-order valence-electron chi connectivity index (χ2n) is 4.49. The van der Waals surface area contributed by atoms with E-state index >= 15 is 0 Å². The van der Waals surface area contributed by atoms with Gasteiger partial charge in [0.15, 0.2) is 0 Å². The molecule has 0 atom stereocenters. The van der Waals surface area contributed by atoms with Gasteiger partial charge in [0.2, 0.25) is 0 Å². The maximum atomic E-state index is 11.5. The van der Waals surface area contributed by atoms with Crippen molar-refractivity contribution in [3.8, 4) is 0 Å². The molecule has 1 N–H and O–H groups in total. The molecule has 1 heterocycles. The number of rotatable bonds is 3. The number of aromatic amines is 1. The molecule has 1 aromatic rings. The molecule has 0 amide bonds. The number of hydrogen-bond donors (Lipinski definition) is 1. The lowest BCUT2D eigenvalue weighted by molar-refractivity contribution is -0.120. The highest BCUT2D eigenvalue weighted by atomic mass is 16.1. The lowest BCUT2D eigenvalue weighted by atomic mass is 9.89. The van der Waals surface area contributed by atoms with Crippen LogP contribution < -0.4 is 0 Å². The van der Waals surface area contributed by atoms with Crippen molar-refractivity contribution in [1.29, 1.82) is 0 Å². The fourth-order valence-electron chi connectivity index (χ4n) is 1.24. The van der Waals surface area contributed by atoms with E-state index in [2.05, 4.69) is 30.7 Å². The summed E-state index contributed by atoms with van der Waals surface area (Å²) in [5, 5.41) is 0. The SMILES string of the molecule is CC(C)(C)CC(=O)Cc1ncc[nH]1. The number of imidazole rings is 1. The van der Waals surface area contributed by atoms with Gasteiger partial charge < -0.3 is 4.98 Å². The number of aromatic nitrogens is 2. The maximum Gasteiger partial charge on any atom is 0.140 e. The molecule has 1 aromatic heterocycles. The molecule has 0 aliphatic carbocycles. The van der Waals surface area contributed by atoms with Crippen molar-refractivity contribution in [2.24, 2.45) is 5.41 Å². The fourth-order valence-corrected chi connectivity index (χ4v) is 1.24. The minimum atomic E-state index is 0.0731. The van der Waals surface area contributed by atoms with Gasteiger partial charge in [0.1, 0.15) is 11.6 Å². The van der Waals surface area contributed by atoms with E-state index in [1.54, 1.807) is 12.4 Å². The van der Waals surface area contributed by atoms with Crippen LogP contribution in [0.25, 0.3) is 0 Å². The predicted octanol–water partition coefficient (Wildman–Crippen LogP) is 1.96. The smallest absolute Gasteiger partial charge is 0.140 e. The van der Waals surface area contributed by atoms with E-state index in [0.717, 1.165) is 5.82 Å². The summed E-state index contributed by atoms with van der Waals surface area (Å²) in [6.07, 6.45) is 4.43. The number of ketones is 1. The van der Waals surface area contributed by atoms with Crippen LogP contribution in [-0.4, -0.2) is 15.8 Å². The first-order chi connectivity index (χ1) is 5.97. The third kappa shape index (κ3) is 3.87. The molecule has 0 saturated heterocycles. The average Bonchev–Trinajstić information content (AvgIpc) is 2.34. The van der Waals surface area contributed by atoms with E-state index in [1.807, 2.05) is 0 Å². The quantitative estimate of drug-likeness (QED) is 0.772. The molecular formula is C10H16N2O. The predicted molar refractivity (Wildman–Crippen MR) is 51.4 cm³/mol. The van der Waals surface area contributed by atoms with Gasteiger partial charge in [0.25, 0.3) is 0 Å². The standard InChI is InChI=1S/C10H16N2O/c1-10(2,3)7-8(13)6-9-11-4-5-12-9/h4-5H,6-7H2,1-3H3,(H,11,12). The molecule has 0 aliphatic rings. The molecule has 0 fully saturated rings. The number of nitrogens with one attached hydrogen (secondary N) is 1. The van der Waals surface area contributed by atoms with Crippen LogP contribution in [0.3, 0.4) is 0 Å². The molecule has 3 nitrogen and oxygen atoms in total. The summed E-state index contributed by atoms with van der Waals surface area (Å²) in [6, 6.07) is 0. The molecular weight excluding hydrogens is 164 g/mol. The molecule has 3 heteroatoms.